The Morgan fingerprint density at radius 2 is 1.61 bits per heavy atom. The Hall–Kier alpha value is -3.33. The summed E-state index contributed by atoms with van der Waals surface area (Å²) in [5.41, 5.74) is 8.38. The molecule has 0 bridgehead atoms. The van der Waals surface area contributed by atoms with Gasteiger partial charge in [-0.1, -0.05) is 73.3 Å². The molecule has 1 amide bonds. The highest BCUT2D eigenvalue weighted by Gasteiger charge is 2.30. The summed E-state index contributed by atoms with van der Waals surface area (Å²) in [6.45, 7) is 5.37. The third-order valence-corrected chi connectivity index (χ3v) is 5.78. The van der Waals surface area contributed by atoms with Crippen molar-refractivity contribution in [1.29, 1.82) is 0 Å². The fraction of sp³-hybridized carbons (Fsp3) is 0.160. The molecule has 1 heterocycles. The highest BCUT2D eigenvalue weighted by Crippen LogP contribution is 2.44. The van der Waals surface area contributed by atoms with Crippen LogP contribution in [0.15, 0.2) is 73.3 Å². The molecule has 5 rings (SSSR count). The monoisotopic (exact) mass is 367 g/mol. The van der Waals surface area contributed by atoms with Gasteiger partial charge in [0.1, 0.15) is 6.61 Å². The highest BCUT2D eigenvalue weighted by molar-refractivity contribution is 5.79. The molecule has 3 nitrogen and oxygen atoms in total. The first-order valence-electron chi connectivity index (χ1n) is 9.59. The maximum absolute atomic E-state index is 12.7. The maximum Gasteiger partial charge on any atom is 0.410 e. The smallest absolute Gasteiger partial charge is 0.410 e. The van der Waals surface area contributed by atoms with Crippen LogP contribution < -0.4 is 0 Å². The van der Waals surface area contributed by atoms with Gasteiger partial charge in [-0.2, -0.15) is 0 Å². The SMILES string of the molecule is C=Cc1ccc2c(c1)CN(C(=O)OCC1c3ccccc3-c3ccccc31)C2. The van der Waals surface area contributed by atoms with E-state index in [2.05, 4.69) is 55.1 Å². The van der Waals surface area contributed by atoms with E-state index in [9.17, 15) is 4.79 Å². The molecular formula is C25H21NO2. The van der Waals surface area contributed by atoms with Crippen LogP contribution in [0.3, 0.4) is 0 Å². The summed E-state index contributed by atoms with van der Waals surface area (Å²) >= 11 is 0. The minimum atomic E-state index is -0.252. The van der Waals surface area contributed by atoms with Crippen LogP contribution in [0.5, 0.6) is 0 Å². The van der Waals surface area contributed by atoms with E-state index < -0.39 is 0 Å². The number of carbonyl (C=O) groups excluding carboxylic acids is 1. The molecule has 3 aromatic carbocycles. The molecule has 0 unspecified atom stereocenters. The molecule has 138 valence electrons. The molecule has 2 aliphatic rings. The van der Waals surface area contributed by atoms with Gasteiger partial charge in [-0.3, -0.25) is 4.90 Å². The average Bonchev–Trinajstić information content (AvgIpc) is 3.31. The van der Waals surface area contributed by atoms with Crippen molar-refractivity contribution in [1.82, 2.24) is 4.90 Å². The lowest BCUT2D eigenvalue weighted by Crippen LogP contribution is -2.27. The Morgan fingerprint density at radius 3 is 2.29 bits per heavy atom. The molecular weight excluding hydrogens is 346 g/mol. The predicted molar refractivity (Wildman–Crippen MR) is 111 cm³/mol. The topological polar surface area (TPSA) is 29.5 Å². The summed E-state index contributed by atoms with van der Waals surface area (Å²) in [5.74, 6) is 0.0914. The second-order valence-electron chi connectivity index (χ2n) is 7.39. The van der Waals surface area contributed by atoms with Gasteiger partial charge in [0.25, 0.3) is 0 Å². The van der Waals surface area contributed by atoms with Crippen molar-refractivity contribution in [2.45, 2.75) is 19.0 Å². The average molecular weight is 367 g/mol. The van der Waals surface area contributed by atoms with Crippen LogP contribution in [-0.4, -0.2) is 17.6 Å². The van der Waals surface area contributed by atoms with Crippen LogP contribution in [0.25, 0.3) is 17.2 Å². The van der Waals surface area contributed by atoms with Crippen LogP contribution in [0.1, 0.15) is 33.7 Å². The largest absolute Gasteiger partial charge is 0.448 e. The number of carbonyl (C=O) groups is 1. The van der Waals surface area contributed by atoms with Gasteiger partial charge in [0.2, 0.25) is 0 Å². The van der Waals surface area contributed by atoms with Crippen molar-refractivity contribution in [3.8, 4) is 11.1 Å². The number of fused-ring (bicyclic) bond motifs is 4. The zero-order chi connectivity index (χ0) is 19.1. The summed E-state index contributed by atoms with van der Waals surface area (Å²) in [5, 5.41) is 0. The molecule has 0 fully saturated rings. The van der Waals surface area contributed by atoms with E-state index >= 15 is 0 Å². The third kappa shape index (κ3) is 2.71. The first-order chi connectivity index (χ1) is 13.7. The lowest BCUT2D eigenvalue weighted by atomic mass is 9.98. The highest BCUT2D eigenvalue weighted by atomic mass is 16.6. The molecule has 3 heteroatoms. The first kappa shape index (κ1) is 16.8. The number of rotatable bonds is 3. The molecule has 0 saturated carbocycles. The number of nitrogens with zero attached hydrogens (tertiary/aromatic N) is 1. The van der Waals surface area contributed by atoms with E-state index in [4.69, 9.17) is 4.74 Å². The summed E-state index contributed by atoms with van der Waals surface area (Å²) in [6, 6.07) is 23.0. The summed E-state index contributed by atoms with van der Waals surface area (Å²) in [7, 11) is 0. The minimum Gasteiger partial charge on any atom is -0.448 e. The molecule has 3 aromatic rings. The molecule has 28 heavy (non-hydrogen) atoms. The standard InChI is InChI=1S/C25H21NO2/c1-2-17-11-12-18-14-26(15-19(18)13-17)25(27)28-16-24-22-9-5-3-7-20(22)21-8-4-6-10-23(21)24/h2-13,24H,1,14-16H2. The van der Waals surface area contributed by atoms with Gasteiger partial charge in [-0.15, -0.1) is 0 Å². The number of benzene rings is 3. The van der Waals surface area contributed by atoms with Gasteiger partial charge >= 0.3 is 6.09 Å². The number of ether oxygens (including phenoxy) is 1. The Labute approximate surface area is 164 Å². The quantitative estimate of drug-likeness (QED) is 0.603. The van der Waals surface area contributed by atoms with Crippen LogP contribution in [0, 0.1) is 0 Å². The number of hydrogen-bond donors (Lipinski definition) is 0. The lowest BCUT2D eigenvalue weighted by molar-refractivity contribution is 0.0990. The van der Waals surface area contributed by atoms with E-state index in [1.807, 2.05) is 24.3 Å². The Bertz CT molecular complexity index is 1040. The van der Waals surface area contributed by atoms with Crippen LogP contribution in [0.2, 0.25) is 0 Å². The van der Waals surface area contributed by atoms with Gasteiger partial charge in [0.05, 0.1) is 0 Å². The van der Waals surface area contributed by atoms with Crippen LogP contribution >= 0.6 is 0 Å². The molecule has 0 aromatic heterocycles. The number of hydrogen-bond acceptors (Lipinski definition) is 2. The molecule has 0 radical (unpaired) electrons. The summed E-state index contributed by atoms with van der Waals surface area (Å²) in [6.07, 6.45) is 1.58. The second kappa shape index (κ2) is 6.68. The van der Waals surface area contributed by atoms with Gasteiger partial charge in [0, 0.05) is 19.0 Å². The van der Waals surface area contributed by atoms with Crippen LogP contribution in [0.4, 0.5) is 4.79 Å². The van der Waals surface area contributed by atoms with E-state index in [1.54, 1.807) is 4.90 Å². The molecule has 0 atom stereocenters. The first-order valence-corrected chi connectivity index (χ1v) is 9.59. The molecule has 0 spiro atoms. The fourth-order valence-electron chi connectivity index (χ4n) is 4.36. The van der Waals surface area contributed by atoms with Gasteiger partial charge in [-0.05, 0) is 45.0 Å². The molecule has 1 aliphatic heterocycles. The van der Waals surface area contributed by atoms with Gasteiger partial charge in [-0.25, -0.2) is 4.79 Å². The third-order valence-electron chi connectivity index (χ3n) is 5.78. The van der Waals surface area contributed by atoms with Crippen molar-refractivity contribution >= 4 is 12.2 Å². The second-order valence-corrected chi connectivity index (χ2v) is 7.39. The number of amides is 1. The predicted octanol–water partition coefficient (Wildman–Crippen LogP) is 5.59. The normalized spacial score (nSPS) is 14.4. The van der Waals surface area contributed by atoms with Gasteiger partial charge in [0.15, 0.2) is 0 Å². The Morgan fingerprint density at radius 1 is 0.964 bits per heavy atom. The molecule has 1 aliphatic carbocycles. The van der Waals surface area contributed by atoms with E-state index in [1.165, 1.54) is 33.4 Å². The Balaban J connectivity index is 1.32. The van der Waals surface area contributed by atoms with Crippen molar-refractivity contribution in [2.24, 2.45) is 0 Å². The van der Waals surface area contributed by atoms with Crippen molar-refractivity contribution < 1.29 is 9.53 Å². The molecule has 0 saturated heterocycles. The van der Waals surface area contributed by atoms with E-state index in [0.29, 0.717) is 19.7 Å². The zero-order valence-corrected chi connectivity index (χ0v) is 15.6. The van der Waals surface area contributed by atoms with E-state index in [-0.39, 0.29) is 12.0 Å². The minimum absolute atomic E-state index is 0.0914. The summed E-state index contributed by atoms with van der Waals surface area (Å²) in [4.78, 5) is 14.5. The maximum atomic E-state index is 12.7. The summed E-state index contributed by atoms with van der Waals surface area (Å²) < 4.78 is 5.78. The lowest BCUT2D eigenvalue weighted by Gasteiger charge is -2.19. The van der Waals surface area contributed by atoms with Crippen molar-refractivity contribution in [2.75, 3.05) is 6.61 Å². The molecule has 0 N–H and O–H groups in total. The van der Waals surface area contributed by atoms with Crippen LogP contribution in [-0.2, 0) is 17.8 Å². The van der Waals surface area contributed by atoms with Gasteiger partial charge < -0.3 is 4.74 Å². The van der Waals surface area contributed by atoms with Crippen molar-refractivity contribution in [3.05, 3.63) is 101 Å². The van der Waals surface area contributed by atoms with Crippen molar-refractivity contribution in [3.63, 3.8) is 0 Å². The van der Waals surface area contributed by atoms with E-state index in [0.717, 1.165) is 5.56 Å². The fourth-order valence-corrected chi connectivity index (χ4v) is 4.36. The Kier molecular flexibility index (Phi) is 4.01. The zero-order valence-electron chi connectivity index (χ0n) is 15.6.